The van der Waals surface area contributed by atoms with Gasteiger partial charge in [0.1, 0.15) is 4.83 Å². The lowest BCUT2D eigenvalue weighted by Gasteiger charge is -2.15. The zero-order valence-electron chi connectivity index (χ0n) is 18.7. The summed E-state index contributed by atoms with van der Waals surface area (Å²) in [7, 11) is 0. The minimum atomic E-state index is -0.0839. The van der Waals surface area contributed by atoms with Crippen LogP contribution in [0.4, 0.5) is 0 Å². The number of nitrogens with one attached hydrogen (secondary N) is 1. The van der Waals surface area contributed by atoms with E-state index >= 15 is 0 Å². The molecule has 5 nitrogen and oxygen atoms in total. The van der Waals surface area contributed by atoms with Gasteiger partial charge in [-0.15, -0.1) is 11.3 Å². The lowest BCUT2D eigenvalue weighted by molar-refractivity contribution is -0.118. The van der Waals surface area contributed by atoms with Gasteiger partial charge in [0.05, 0.1) is 16.8 Å². The lowest BCUT2D eigenvalue weighted by atomic mass is 10.1. The molecule has 0 unspecified atom stereocenters. The van der Waals surface area contributed by atoms with Crippen LogP contribution in [0.2, 0.25) is 0 Å². The standard InChI is InChI=1S/C26H25N3O2S2/c1-16-11-12-17(2)20(13-16)29-25(31)23-19-9-6-10-21(19)33-24(23)28-26(29)32-15-22(30)27-14-18-7-4-3-5-8-18/h3-5,7-8,11-13H,6,9-10,14-15H2,1-2H3,(H,27,30). The van der Waals surface area contributed by atoms with Gasteiger partial charge in [-0.1, -0.05) is 54.2 Å². The highest BCUT2D eigenvalue weighted by Crippen LogP contribution is 2.36. The van der Waals surface area contributed by atoms with Crippen molar-refractivity contribution in [2.75, 3.05) is 5.75 Å². The number of nitrogens with zero attached hydrogens (tertiary/aromatic N) is 2. The third-order valence-corrected chi connectivity index (χ3v) is 8.10. The fourth-order valence-electron chi connectivity index (χ4n) is 4.27. The van der Waals surface area contributed by atoms with Crippen molar-refractivity contribution < 1.29 is 4.79 Å². The number of benzene rings is 2. The predicted molar refractivity (Wildman–Crippen MR) is 136 cm³/mol. The number of carbonyl (C=O) groups excluding carboxylic acids is 1. The molecule has 33 heavy (non-hydrogen) atoms. The van der Waals surface area contributed by atoms with Crippen molar-refractivity contribution in [3.63, 3.8) is 0 Å². The Hall–Kier alpha value is -2.90. The number of aromatic nitrogens is 2. The maximum atomic E-state index is 13.8. The third-order valence-electron chi connectivity index (χ3n) is 5.98. The zero-order chi connectivity index (χ0) is 22.9. The maximum Gasteiger partial charge on any atom is 0.267 e. The second-order valence-corrected chi connectivity index (χ2v) is 10.4. The van der Waals surface area contributed by atoms with Crippen molar-refractivity contribution in [1.82, 2.24) is 14.9 Å². The molecule has 1 aliphatic carbocycles. The van der Waals surface area contributed by atoms with E-state index in [9.17, 15) is 9.59 Å². The molecule has 0 aliphatic heterocycles. The summed E-state index contributed by atoms with van der Waals surface area (Å²) < 4.78 is 1.71. The summed E-state index contributed by atoms with van der Waals surface area (Å²) >= 11 is 2.95. The molecule has 1 N–H and O–H groups in total. The summed E-state index contributed by atoms with van der Waals surface area (Å²) in [5, 5.41) is 4.28. The number of amides is 1. The highest BCUT2D eigenvalue weighted by atomic mass is 32.2. The first-order valence-electron chi connectivity index (χ1n) is 11.1. The molecule has 0 saturated heterocycles. The topological polar surface area (TPSA) is 64.0 Å². The summed E-state index contributed by atoms with van der Waals surface area (Å²) in [4.78, 5) is 33.4. The molecular formula is C26H25N3O2S2. The van der Waals surface area contributed by atoms with E-state index in [0.29, 0.717) is 11.7 Å². The van der Waals surface area contributed by atoms with Crippen LogP contribution in [0.25, 0.3) is 15.9 Å². The Labute approximate surface area is 200 Å². The monoisotopic (exact) mass is 475 g/mol. The number of hydrogen-bond donors (Lipinski definition) is 1. The summed E-state index contributed by atoms with van der Waals surface area (Å²) in [6.07, 6.45) is 3.05. The first kappa shape index (κ1) is 21.9. The number of aryl methyl sites for hydroxylation is 4. The maximum absolute atomic E-state index is 13.8. The number of rotatable bonds is 6. The average Bonchev–Trinajstić information content (AvgIpc) is 3.40. The zero-order valence-corrected chi connectivity index (χ0v) is 20.3. The van der Waals surface area contributed by atoms with Crippen LogP contribution in [0.15, 0.2) is 58.5 Å². The molecule has 0 bridgehead atoms. The second kappa shape index (κ2) is 9.15. The Morgan fingerprint density at radius 2 is 1.97 bits per heavy atom. The Bertz CT molecular complexity index is 1410. The summed E-state index contributed by atoms with van der Waals surface area (Å²) in [6, 6.07) is 15.9. The second-order valence-electron chi connectivity index (χ2n) is 8.41. The van der Waals surface area contributed by atoms with Gasteiger partial charge in [0.2, 0.25) is 5.91 Å². The van der Waals surface area contributed by atoms with E-state index in [1.807, 2.05) is 62.4 Å². The molecule has 1 amide bonds. The van der Waals surface area contributed by atoms with Crippen LogP contribution < -0.4 is 10.9 Å². The molecule has 0 atom stereocenters. The van der Waals surface area contributed by atoms with Gasteiger partial charge < -0.3 is 5.32 Å². The SMILES string of the molecule is Cc1ccc(C)c(-n2c(SCC(=O)NCc3ccccc3)nc3sc4c(c3c2=O)CCC4)c1. The van der Waals surface area contributed by atoms with Crippen molar-refractivity contribution in [3.8, 4) is 5.69 Å². The van der Waals surface area contributed by atoms with Gasteiger partial charge in [0.25, 0.3) is 5.56 Å². The Morgan fingerprint density at radius 1 is 1.15 bits per heavy atom. The van der Waals surface area contributed by atoms with E-state index < -0.39 is 0 Å². The summed E-state index contributed by atoms with van der Waals surface area (Å²) in [5.41, 5.74) is 5.11. The first-order valence-corrected chi connectivity index (χ1v) is 12.9. The molecule has 2 aromatic carbocycles. The van der Waals surface area contributed by atoms with E-state index in [-0.39, 0.29) is 17.2 Å². The minimum absolute atomic E-state index is 0.0275. The van der Waals surface area contributed by atoms with E-state index in [1.54, 1.807) is 15.9 Å². The number of fused-ring (bicyclic) bond motifs is 3. The number of thiophene rings is 1. The van der Waals surface area contributed by atoms with Gasteiger partial charge in [-0.05, 0) is 61.4 Å². The van der Waals surface area contributed by atoms with Crippen LogP contribution in [0.5, 0.6) is 0 Å². The Morgan fingerprint density at radius 3 is 2.79 bits per heavy atom. The quantitative estimate of drug-likeness (QED) is 0.316. The van der Waals surface area contributed by atoms with Crippen molar-refractivity contribution in [3.05, 3.63) is 86.0 Å². The fraction of sp³-hybridized carbons (Fsp3) is 0.269. The number of thioether (sulfide) groups is 1. The van der Waals surface area contributed by atoms with E-state index in [0.717, 1.165) is 51.9 Å². The van der Waals surface area contributed by atoms with E-state index in [2.05, 4.69) is 5.32 Å². The van der Waals surface area contributed by atoms with Crippen LogP contribution in [0, 0.1) is 13.8 Å². The average molecular weight is 476 g/mol. The van der Waals surface area contributed by atoms with Crippen molar-refractivity contribution in [2.45, 2.75) is 44.8 Å². The van der Waals surface area contributed by atoms with E-state index in [1.165, 1.54) is 22.2 Å². The molecular weight excluding hydrogens is 450 g/mol. The Kier molecular flexibility index (Phi) is 6.08. The molecule has 2 heterocycles. The molecule has 2 aromatic heterocycles. The molecule has 0 saturated carbocycles. The largest absolute Gasteiger partial charge is 0.351 e. The van der Waals surface area contributed by atoms with Crippen LogP contribution in [0.3, 0.4) is 0 Å². The van der Waals surface area contributed by atoms with Gasteiger partial charge in [0.15, 0.2) is 5.16 Å². The molecule has 0 radical (unpaired) electrons. The number of carbonyl (C=O) groups is 1. The molecule has 168 valence electrons. The van der Waals surface area contributed by atoms with Crippen molar-refractivity contribution in [1.29, 1.82) is 0 Å². The van der Waals surface area contributed by atoms with Crippen LogP contribution >= 0.6 is 23.1 Å². The third kappa shape index (κ3) is 4.35. The minimum Gasteiger partial charge on any atom is -0.351 e. The molecule has 5 rings (SSSR count). The molecule has 7 heteroatoms. The number of hydrogen-bond acceptors (Lipinski definition) is 5. The lowest BCUT2D eigenvalue weighted by Crippen LogP contribution is -2.26. The fourth-order valence-corrected chi connectivity index (χ4v) is 6.41. The van der Waals surface area contributed by atoms with Crippen LogP contribution in [-0.2, 0) is 24.2 Å². The first-order chi connectivity index (χ1) is 16.0. The molecule has 0 fully saturated rings. The van der Waals surface area contributed by atoms with Gasteiger partial charge in [-0.25, -0.2) is 4.98 Å². The van der Waals surface area contributed by atoms with Gasteiger partial charge in [-0.2, -0.15) is 0 Å². The van der Waals surface area contributed by atoms with Gasteiger partial charge in [0, 0.05) is 11.4 Å². The summed E-state index contributed by atoms with van der Waals surface area (Å²) in [6.45, 7) is 4.50. The van der Waals surface area contributed by atoms with Crippen LogP contribution in [0.1, 0.15) is 33.6 Å². The molecule has 4 aromatic rings. The highest BCUT2D eigenvalue weighted by Gasteiger charge is 2.24. The van der Waals surface area contributed by atoms with Crippen molar-refractivity contribution >= 4 is 39.2 Å². The van der Waals surface area contributed by atoms with Crippen molar-refractivity contribution in [2.24, 2.45) is 0 Å². The van der Waals surface area contributed by atoms with Crippen LogP contribution in [-0.4, -0.2) is 21.2 Å². The van der Waals surface area contributed by atoms with E-state index in [4.69, 9.17) is 4.98 Å². The normalized spacial score (nSPS) is 12.8. The Balaban J connectivity index is 1.50. The van der Waals surface area contributed by atoms with Gasteiger partial charge in [-0.3, -0.25) is 14.2 Å². The predicted octanol–water partition coefficient (Wildman–Crippen LogP) is 4.96. The summed E-state index contributed by atoms with van der Waals surface area (Å²) in [5.74, 6) is 0.111. The molecule has 0 spiro atoms. The molecule has 1 aliphatic rings. The van der Waals surface area contributed by atoms with Gasteiger partial charge >= 0.3 is 0 Å². The highest BCUT2D eigenvalue weighted by molar-refractivity contribution is 7.99. The smallest absolute Gasteiger partial charge is 0.267 e.